The van der Waals surface area contributed by atoms with Gasteiger partial charge in [-0.1, -0.05) is 15.9 Å². The van der Waals surface area contributed by atoms with Gasteiger partial charge < -0.3 is 9.47 Å². The van der Waals surface area contributed by atoms with Gasteiger partial charge in [-0.2, -0.15) is 5.10 Å². The molecule has 0 bridgehead atoms. The highest BCUT2D eigenvalue weighted by atomic mass is 79.9. The first-order valence-corrected chi connectivity index (χ1v) is 7.66. The third-order valence-corrected chi connectivity index (χ3v) is 3.13. The van der Waals surface area contributed by atoms with Crippen molar-refractivity contribution < 1.29 is 19.1 Å². The van der Waals surface area contributed by atoms with Crippen LogP contribution in [0.4, 0.5) is 5.69 Å². The largest absolute Gasteiger partial charge is 0.466 e. The molecule has 1 aromatic carbocycles. The van der Waals surface area contributed by atoms with Gasteiger partial charge in [0.15, 0.2) is 5.71 Å². The van der Waals surface area contributed by atoms with Crippen LogP contribution in [0.15, 0.2) is 33.8 Å². The van der Waals surface area contributed by atoms with Crippen LogP contribution >= 0.6 is 15.9 Å². The number of halogens is 1. The van der Waals surface area contributed by atoms with Crippen molar-refractivity contribution in [3.05, 3.63) is 28.7 Å². The SMILES string of the molecule is CCOC(=O)C/C(=N\N(C)c1ccc(Br)cc1)C(=O)OCC. The highest BCUT2D eigenvalue weighted by Gasteiger charge is 2.19. The maximum absolute atomic E-state index is 11.9. The van der Waals surface area contributed by atoms with E-state index in [4.69, 9.17) is 9.47 Å². The lowest BCUT2D eigenvalue weighted by Crippen LogP contribution is -2.25. The fourth-order valence-corrected chi connectivity index (χ4v) is 1.87. The Morgan fingerprint density at radius 2 is 1.73 bits per heavy atom. The first kappa shape index (κ1) is 18.2. The number of esters is 2. The number of carbonyl (C=O) groups excluding carboxylic acids is 2. The summed E-state index contributed by atoms with van der Waals surface area (Å²) in [6.07, 6.45) is -0.229. The van der Waals surface area contributed by atoms with Gasteiger partial charge in [0.1, 0.15) is 0 Å². The van der Waals surface area contributed by atoms with E-state index in [-0.39, 0.29) is 25.3 Å². The highest BCUT2D eigenvalue weighted by Crippen LogP contribution is 2.17. The van der Waals surface area contributed by atoms with Gasteiger partial charge in [0.25, 0.3) is 0 Å². The second kappa shape index (κ2) is 9.19. The summed E-state index contributed by atoms with van der Waals surface area (Å²) in [5.41, 5.74) is 0.777. The van der Waals surface area contributed by atoms with Crippen LogP contribution in [0.1, 0.15) is 20.3 Å². The normalized spacial score (nSPS) is 11.0. The molecule has 0 radical (unpaired) electrons. The monoisotopic (exact) mass is 370 g/mol. The number of hydrogen-bond donors (Lipinski definition) is 0. The van der Waals surface area contributed by atoms with E-state index in [2.05, 4.69) is 21.0 Å². The predicted molar refractivity (Wildman–Crippen MR) is 87.9 cm³/mol. The summed E-state index contributed by atoms with van der Waals surface area (Å²) in [5.74, 6) is -1.14. The summed E-state index contributed by atoms with van der Waals surface area (Å²) in [6.45, 7) is 3.85. The minimum atomic E-state index is -0.625. The molecule has 0 unspecified atom stereocenters. The third-order valence-electron chi connectivity index (χ3n) is 2.60. The Balaban J connectivity index is 2.94. The van der Waals surface area contributed by atoms with Crippen LogP contribution in [-0.4, -0.2) is 37.9 Å². The molecule has 0 heterocycles. The molecule has 1 aromatic rings. The van der Waals surface area contributed by atoms with Gasteiger partial charge in [-0.05, 0) is 38.1 Å². The standard InChI is InChI=1S/C15H19BrN2O4/c1-4-21-14(19)10-13(15(20)22-5-2)17-18(3)12-8-6-11(16)7-9-12/h6-9H,4-5,10H2,1-3H3/b17-13+. The Morgan fingerprint density at radius 3 is 2.27 bits per heavy atom. The summed E-state index contributed by atoms with van der Waals surface area (Å²) < 4.78 is 10.7. The topological polar surface area (TPSA) is 68.2 Å². The van der Waals surface area contributed by atoms with Gasteiger partial charge in [-0.3, -0.25) is 9.80 Å². The molecule has 0 N–H and O–H groups in total. The number of anilines is 1. The van der Waals surface area contributed by atoms with E-state index in [0.717, 1.165) is 10.2 Å². The maximum Gasteiger partial charge on any atom is 0.355 e. The van der Waals surface area contributed by atoms with E-state index in [1.165, 1.54) is 5.01 Å². The van der Waals surface area contributed by atoms with Crippen molar-refractivity contribution in [2.75, 3.05) is 25.3 Å². The van der Waals surface area contributed by atoms with Crippen LogP contribution in [0.2, 0.25) is 0 Å². The molecule has 0 atom stereocenters. The summed E-state index contributed by atoms with van der Waals surface area (Å²) in [5, 5.41) is 5.69. The maximum atomic E-state index is 11.9. The molecular formula is C15H19BrN2O4. The van der Waals surface area contributed by atoms with Crippen LogP contribution in [0, 0.1) is 0 Å². The number of hydrazone groups is 1. The zero-order valence-corrected chi connectivity index (χ0v) is 14.4. The van der Waals surface area contributed by atoms with Crippen LogP contribution < -0.4 is 5.01 Å². The molecule has 1 rings (SSSR count). The Morgan fingerprint density at radius 1 is 1.14 bits per heavy atom. The summed E-state index contributed by atoms with van der Waals surface area (Å²) >= 11 is 3.35. The summed E-state index contributed by atoms with van der Waals surface area (Å²) in [6, 6.07) is 7.38. The number of hydrogen-bond acceptors (Lipinski definition) is 6. The second-order valence-corrected chi connectivity index (χ2v) is 5.16. The summed E-state index contributed by atoms with van der Waals surface area (Å²) in [7, 11) is 1.69. The average Bonchev–Trinajstić information content (AvgIpc) is 2.47. The van der Waals surface area contributed by atoms with Crippen molar-refractivity contribution in [2.24, 2.45) is 5.10 Å². The predicted octanol–water partition coefficient (Wildman–Crippen LogP) is 2.76. The van der Waals surface area contributed by atoms with Crippen LogP contribution in [0.3, 0.4) is 0 Å². The Bertz CT molecular complexity index is 543. The molecular weight excluding hydrogens is 352 g/mol. The minimum Gasteiger partial charge on any atom is -0.466 e. The smallest absolute Gasteiger partial charge is 0.355 e. The van der Waals surface area contributed by atoms with Crippen LogP contribution in [-0.2, 0) is 19.1 Å². The highest BCUT2D eigenvalue weighted by molar-refractivity contribution is 9.10. The van der Waals surface area contributed by atoms with Crippen molar-refractivity contribution in [2.45, 2.75) is 20.3 Å². The van der Waals surface area contributed by atoms with Crippen LogP contribution in [0.5, 0.6) is 0 Å². The number of benzene rings is 1. The molecule has 22 heavy (non-hydrogen) atoms. The van der Waals surface area contributed by atoms with Gasteiger partial charge >= 0.3 is 11.9 Å². The zero-order valence-electron chi connectivity index (χ0n) is 12.8. The zero-order chi connectivity index (χ0) is 16.5. The fraction of sp³-hybridized carbons (Fsp3) is 0.400. The number of rotatable bonds is 7. The summed E-state index contributed by atoms with van der Waals surface area (Å²) in [4.78, 5) is 23.5. The molecule has 0 spiro atoms. The Labute approximate surface area is 138 Å². The number of carbonyl (C=O) groups is 2. The first-order chi connectivity index (χ1) is 10.5. The molecule has 0 amide bonds. The molecule has 7 heteroatoms. The van der Waals surface area contributed by atoms with E-state index in [0.29, 0.717) is 0 Å². The van der Waals surface area contributed by atoms with E-state index in [9.17, 15) is 9.59 Å². The van der Waals surface area contributed by atoms with Gasteiger partial charge in [0.05, 0.1) is 25.3 Å². The quantitative estimate of drug-likeness (QED) is 0.419. The Kier molecular flexibility index (Phi) is 7.59. The molecule has 0 aliphatic carbocycles. The molecule has 0 fully saturated rings. The lowest BCUT2D eigenvalue weighted by Gasteiger charge is -2.15. The van der Waals surface area contributed by atoms with Crippen molar-refractivity contribution in [3.8, 4) is 0 Å². The van der Waals surface area contributed by atoms with Crippen LogP contribution in [0.25, 0.3) is 0 Å². The lowest BCUT2D eigenvalue weighted by molar-refractivity contribution is -0.143. The van der Waals surface area contributed by atoms with Gasteiger partial charge in [0.2, 0.25) is 0 Å². The minimum absolute atomic E-state index is 0.00530. The molecule has 0 saturated heterocycles. The van der Waals surface area contributed by atoms with Gasteiger partial charge in [0, 0.05) is 11.5 Å². The number of nitrogens with zero attached hydrogens (tertiary/aromatic N) is 2. The van der Waals surface area contributed by atoms with Gasteiger partial charge in [-0.15, -0.1) is 0 Å². The molecule has 0 saturated carbocycles. The van der Waals surface area contributed by atoms with Crippen molar-refractivity contribution >= 4 is 39.3 Å². The lowest BCUT2D eigenvalue weighted by atomic mass is 10.2. The number of ether oxygens (including phenoxy) is 2. The van der Waals surface area contributed by atoms with E-state index in [1.54, 1.807) is 20.9 Å². The third kappa shape index (κ3) is 5.85. The second-order valence-electron chi connectivity index (χ2n) is 4.25. The van der Waals surface area contributed by atoms with Crippen molar-refractivity contribution in [1.82, 2.24) is 0 Å². The first-order valence-electron chi connectivity index (χ1n) is 6.87. The van der Waals surface area contributed by atoms with E-state index >= 15 is 0 Å². The average molecular weight is 371 g/mol. The Hall–Kier alpha value is -1.89. The van der Waals surface area contributed by atoms with Crippen molar-refractivity contribution in [3.63, 3.8) is 0 Å². The molecule has 120 valence electrons. The molecule has 0 aromatic heterocycles. The van der Waals surface area contributed by atoms with E-state index in [1.807, 2.05) is 24.3 Å². The molecule has 0 aliphatic heterocycles. The van der Waals surface area contributed by atoms with Gasteiger partial charge in [-0.25, -0.2) is 4.79 Å². The van der Waals surface area contributed by atoms with Crippen molar-refractivity contribution in [1.29, 1.82) is 0 Å². The fourth-order valence-electron chi connectivity index (χ4n) is 1.61. The molecule has 6 nitrogen and oxygen atoms in total. The van der Waals surface area contributed by atoms with E-state index < -0.39 is 11.9 Å². The molecule has 0 aliphatic rings.